The molecule has 0 saturated carbocycles. The number of anilines is 1. The van der Waals surface area contributed by atoms with Gasteiger partial charge >= 0.3 is 0 Å². The van der Waals surface area contributed by atoms with Crippen molar-refractivity contribution in [2.24, 2.45) is 15.3 Å². The van der Waals surface area contributed by atoms with Crippen molar-refractivity contribution < 1.29 is 4.79 Å². The third kappa shape index (κ3) is 5.52. The van der Waals surface area contributed by atoms with Gasteiger partial charge in [-0.15, -0.1) is 15.3 Å². The quantitative estimate of drug-likeness (QED) is 0.253. The van der Waals surface area contributed by atoms with Crippen LogP contribution in [-0.2, 0) is 0 Å². The fourth-order valence-electron chi connectivity index (χ4n) is 2.56. The third-order valence-electron chi connectivity index (χ3n) is 4.32. The predicted molar refractivity (Wildman–Crippen MR) is 122 cm³/mol. The number of hydrogen-bond donors (Lipinski definition) is 1. The van der Waals surface area contributed by atoms with Crippen LogP contribution in [0.5, 0.6) is 0 Å². The highest BCUT2D eigenvalue weighted by Gasteiger charge is 2.08. The Balaban J connectivity index is 1.89. The Hall–Kier alpha value is -3.51. The van der Waals surface area contributed by atoms with E-state index in [9.17, 15) is 4.79 Å². The molecule has 0 heterocycles. The molecule has 30 heavy (non-hydrogen) atoms. The van der Waals surface area contributed by atoms with E-state index in [1.807, 2.05) is 74.4 Å². The number of azo groups is 1. The van der Waals surface area contributed by atoms with Gasteiger partial charge in [0.25, 0.3) is 5.91 Å². The van der Waals surface area contributed by atoms with E-state index in [1.165, 1.54) is 0 Å². The van der Waals surface area contributed by atoms with E-state index < -0.39 is 0 Å². The second-order valence-corrected chi connectivity index (χ2v) is 7.24. The van der Waals surface area contributed by atoms with Crippen LogP contribution in [0.1, 0.15) is 21.5 Å². The fourth-order valence-corrected chi connectivity index (χ4v) is 2.73. The first kappa shape index (κ1) is 21.2. The van der Waals surface area contributed by atoms with Crippen molar-refractivity contribution in [3.8, 4) is 0 Å². The van der Waals surface area contributed by atoms with Crippen molar-refractivity contribution in [3.63, 3.8) is 0 Å². The third-order valence-corrected chi connectivity index (χ3v) is 4.64. The molecule has 0 aliphatic carbocycles. The molecule has 3 rings (SSSR count). The Bertz CT molecular complexity index is 1070. The van der Waals surface area contributed by atoms with Crippen LogP contribution in [0.15, 0.2) is 88.1 Å². The molecule has 0 aliphatic heterocycles. The normalized spacial score (nSPS) is 11.5. The summed E-state index contributed by atoms with van der Waals surface area (Å²) in [6.07, 6.45) is 0. The highest BCUT2D eigenvalue weighted by Crippen LogP contribution is 2.24. The molecule has 152 valence electrons. The summed E-state index contributed by atoms with van der Waals surface area (Å²) in [5, 5.41) is 13.1. The molecule has 3 aromatic carbocycles. The van der Waals surface area contributed by atoms with Gasteiger partial charge in [-0.1, -0.05) is 41.4 Å². The molecule has 1 amide bonds. The average Bonchev–Trinajstić information content (AvgIpc) is 2.75. The lowest BCUT2D eigenvalue weighted by molar-refractivity contribution is 0.0955. The van der Waals surface area contributed by atoms with Gasteiger partial charge in [0.05, 0.1) is 5.02 Å². The first-order valence-corrected chi connectivity index (χ1v) is 9.70. The van der Waals surface area contributed by atoms with Crippen LogP contribution in [-0.4, -0.2) is 25.8 Å². The summed E-state index contributed by atoms with van der Waals surface area (Å²) in [5.74, 6) is -0.0638. The maximum absolute atomic E-state index is 12.4. The van der Waals surface area contributed by atoms with Gasteiger partial charge in [-0.3, -0.25) is 4.79 Å². The lowest BCUT2D eigenvalue weighted by Crippen LogP contribution is -2.19. The summed E-state index contributed by atoms with van der Waals surface area (Å²) in [6.45, 7) is 1.96. The van der Waals surface area contributed by atoms with Crippen LogP contribution in [0.4, 0.5) is 11.4 Å². The Labute approximate surface area is 180 Å². The van der Waals surface area contributed by atoms with E-state index in [-0.39, 0.29) is 11.7 Å². The lowest BCUT2D eigenvalue weighted by Gasteiger charge is -2.12. The first-order chi connectivity index (χ1) is 14.4. The van der Waals surface area contributed by atoms with Crippen LogP contribution < -0.4 is 10.3 Å². The van der Waals surface area contributed by atoms with Gasteiger partial charge in [-0.25, -0.2) is 5.43 Å². The molecule has 0 saturated heterocycles. The van der Waals surface area contributed by atoms with Gasteiger partial charge in [0, 0.05) is 30.9 Å². The molecular formula is C23H22ClN5O. The largest absolute Gasteiger partial charge is 0.378 e. The summed E-state index contributed by atoms with van der Waals surface area (Å²) >= 11 is 6.16. The number of amides is 1. The molecule has 0 fully saturated rings. The number of rotatable bonds is 5. The predicted octanol–water partition coefficient (Wildman–Crippen LogP) is 5.59. The van der Waals surface area contributed by atoms with Crippen molar-refractivity contribution in [1.82, 2.24) is 5.43 Å². The number of hydrogen-bond acceptors (Lipinski definition) is 4. The molecule has 0 unspecified atom stereocenters. The van der Waals surface area contributed by atoms with Gasteiger partial charge in [0.2, 0.25) is 5.84 Å². The molecular weight excluding hydrogens is 398 g/mol. The highest BCUT2D eigenvalue weighted by atomic mass is 35.5. The minimum atomic E-state index is -0.328. The van der Waals surface area contributed by atoms with E-state index in [0.29, 0.717) is 21.8 Å². The second kappa shape index (κ2) is 9.80. The number of carbonyl (C=O) groups is 1. The molecule has 6 nitrogen and oxygen atoms in total. The molecule has 0 atom stereocenters. The summed E-state index contributed by atoms with van der Waals surface area (Å²) in [5.41, 5.74) is 6.40. The number of nitrogens with zero attached hydrogens (tertiary/aromatic N) is 4. The van der Waals surface area contributed by atoms with Gasteiger partial charge < -0.3 is 4.90 Å². The number of carbonyl (C=O) groups excluding carboxylic acids is 1. The minimum absolute atomic E-state index is 0.265. The maximum Gasteiger partial charge on any atom is 0.271 e. The van der Waals surface area contributed by atoms with Crippen molar-refractivity contribution in [1.29, 1.82) is 0 Å². The van der Waals surface area contributed by atoms with Crippen molar-refractivity contribution in [2.45, 2.75) is 6.92 Å². The van der Waals surface area contributed by atoms with Gasteiger partial charge in [-0.05, 0) is 55.5 Å². The SMILES string of the molecule is Cc1ccc(C(=O)N/N=C(\N=Nc2ccccc2Cl)c2ccc(N(C)C)cc2)cc1. The Morgan fingerprint density at radius 3 is 2.17 bits per heavy atom. The molecule has 0 aromatic heterocycles. The van der Waals surface area contributed by atoms with Gasteiger partial charge in [-0.2, -0.15) is 0 Å². The van der Waals surface area contributed by atoms with Crippen LogP contribution >= 0.6 is 11.6 Å². The van der Waals surface area contributed by atoms with Gasteiger partial charge in [0.15, 0.2) is 0 Å². The first-order valence-electron chi connectivity index (χ1n) is 9.33. The zero-order chi connectivity index (χ0) is 21.5. The van der Waals surface area contributed by atoms with Crippen molar-refractivity contribution in [2.75, 3.05) is 19.0 Å². The maximum atomic E-state index is 12.4. The van der Waals surface area contributed by atoms with E-state index in [0.717, 1.165) is 11.3 Å². The average molecular weight is 420 g/mol. The molecule has 7 heteroatoms. The monoisotopic (exact) mass is 419 g/mol. The molecule has 0 bridgehead atoms. The highest BCUT2D eigenvalue weighted by molar-refractivity contribution is 6.32. The topological polar surface area (TPSA) is 69.4 Å². The van der Waals surface area contributed by atoms with E-state index in [4.69, 9.17) is 11.6 Å². The molecule has 0 aliphatic rings. The molecule has 0 spiro atoms. The van der Waals surface area contributed by atoms with Gasteiger partial charge in [0.1, 0.15) is 5.69 Å². The zero-order valence-electron chi connectivity index (χ0n) is 17.0. The summed E-state index contributed by atoms with van der Waals surface area (Å²) in [7, 11) is 3.92. The lowest BCUT2D eigenvalue weighted by atomic mass is 10.1. The number of amidine groups is 1. The molecule has 0 radical (unpaired) electrons. The Kier molecular flexibility index (Phi) is 6.93. The number of nitrogens with one attached hydrogen (secondary N) is 1. The Morgan fingerprint density at radius 1 is 0.900 bits per heavy atom. The van der Waals surface area contributed by atoms with Crippen LogP contribution in [0.2, 0.25) is 5.02 Å². The van der Waals surface area contributed by atoms with E-state index in [2.05, 4.69) is 20.8 Å². The summed E-state index contributed by atoms with van der Waals surface area (Å²) < 4.78 is 0. The van der Waals surface area contributed by atoms with Crippen molar-refractivity contribution >= 4 is 34.7 Å². The van der Waals surface area contributed by atoms with Crippen molar-refractivity contribution in [3.05, 3.63) is 94.5 Å². The van der Waals surface area contributed by atoms with Crippen LogP contribution in [0.3, 0.4) is 0 Å². The number of benzene rings is 3. The van der Waals surface area contributed by atoms with E-state index >= 15 is 0 Å². The minimum Gasteiger partial charge on any atom is -0.378 e. The molecule has 1 N–H and O–H groups in total. The van der Waals surface area contributed by atoms with Crippen LogP contribution in [0.25, 0.3) is 0 Å². The smallest absolute Gasteiger partial charge is 0.271 e. The number of halogens is 1. The van der Waals surface area contributed by atoms with Crippen LogP contribution in [0, 0.1) is 6.92 Å². The summed E-state index contributed by atoms with van der Waals surface area (Å²) in [4.78, 5) is 14.4. The zero-order valence-corrected chi connectivity index (χ0v) is 17.8. The fraction of sp³-hybridized carbons (Fsp3) is 0.130. The number of hydrazone groups is 1. The number of aryl methyl sites for hydroxylation is 1. The second-order valence-electron chi connectivity index (χ2n) is 6.84. The molecule has 3 aromatic rings. The summed E-state index contributed by atoms with van der Waals surface area (Å²) in [6, 6.07) is 22.0. The Morgan fingerprint density at radius 2 is 1.53 bits per heavy atom. The standard InChI is InChI=1S/C23H22ClN5O/c1-16-8-10-18(11-9-16)23(30)28-27-22(17-12-14-19(15-13-17)29(2)3)26-25-21-7-5-4-6-20(21)24/h4-15H,1-3H3,(H,28,30)/b26-25?,27-22-. The van der Waals surface area contributed by atoms with E-state index in [1.54, 1.807) is 24.3 Å².